The molecule has 9 heteroatoms. The smallest absolute Gasteiger partial charge is 0.272 e. The lowest BCUT2D eigenvalue weighted by atomic mass is 10.2. The Morgan fingerprint density at radius 2 is 2.00 bits per heavy atom. The predicted octanol–water partition coefficient (Wildman–Crippen LogP) is 2.57. The van der Waals surface area contributed by atoms with Crippen LogP contribution >= 0.6 is 11.3 Å². The zero-order valence-corrected chi connectivity index (χ0v) is 15.0. The summed E-state index contributed by atoms with van der Waals surface area (Å²) >= 11 is 1.31. The molecule has 0 aliphatic carbocycles. The molecule has 0 spiro atoms. The number of rotatable bonds is 5. The Hall–Kier alpha value is -2.44. The highest BCUT2D eigenvalue weighted by atomic mass is 32.2. The van der Waals surface area contributed by atoms with Gasteiger partial charge in [0.25, 0.3) is 10.0 Å². The van der Waals surface area contributed by atoms with E-state index in [0.717, 1.165) is 20.4 Å². The van der Waals surface area contributed by atoms with Crippen molar-refractivity contribution >= 4 is 32.4 Å². The summed E-state index contributed by atoms with van der Waals surface area (Å²) < 4.78 is 25.3. The molecule has 0 saturated carbocycles. The summed E-state index contributed by atoms with van der Waals surface area (Å²) in [6.07, 6.45) is 1.66. The molecule has 2 rings (SSSR count). The van der Waals surface area contributed by atoms with E-state index in [1.165, 1.54) is 30.4 Å². The summed E-state index contributed by atoms with van der Waals surface area (Å²) in [5.41, 5.74) is 1.53. The van der Waals surface area contributed by atoms with Gasteiger partial charge in [-0.05, 0) is 31.5 Å². The zero-order valence-electron chi connectivity index (χ0n) is 13.4. The lowest BCUT2D eigenvalue weighted by Gasteiger charge is -2.13. The van der Waals surface area contributed by atoms with Crippen LogP contribution in [0.25, 0.3) is 10.4 Å². The van der Waals surface area contributed by atoms with E-state index in [4.69, 9.17) is 5.26 Å². The molecule has 1 N–H and O–H groups in total. The van der Waals surface area contributed by atoms with Gasteiger partial charge in [0.1, 0.15) is 0 Å². The molecule has 0 aliphatic rings. The Kier molecular flexibility index (Phi) is 5.21. The second kappa shape index (κ2) is 6.98. The van der Waals surface area contributed by atoms with Gasteiger partial charge >= 0.3 is 0 Å². The minimum atomic E-state index is -3.82. The highest BCUT2D eigenvalue weighted by Crippen LogP contribution is 2.33. The monoisotopic (exact) mass is 364 g/mol. The Bertz CT molecular complexity index is 896. The van der Waals surface area contributed by atoms with Crippen LogP contribution in [0.5, 0.6) is 0 Å². The van der Waals surface area contributed by atoms with E-state index in [1.54, 1.807) is 25.2 Å². The van der Waals surface area contributed by atoms with Gasteiger partial charge in [0.2, 0.25) is 5.91 Å². The third-order valence-corrected chi connectivity index (χ3v) is 6.09. The number of nitrogens with one attached hydrogen (secondary N) is 1. The van der Waals surface area contributed by atoms with E-state index in [9.17, 15) is 13.2 Å². The number of nitrogens with zero attached hydrogens (tertiary/aromatic N) is 3. The number of nitriles is 1. The zero-order chi connectivity index (χ0) is 17.9. The van der Waals surface area contributed by atoms with Crippen LogP contribution in [0.15, 0.2) is 29.2 Å². The maximum absolute atomic E-state index is 12.3. The molecular formula is C15H16N4O3S2. The number of hydrogen-bond acceptors (Lipinski definition) is 6. The van der Waals surface area contributed by atoms with Crippen LogP contribution in [0.3, 0.4) is 0 Å². The van der Waals surface area contributed by atoms with Crippen LogP contribution < -0.4 is 5.32 Å². The van der Waals surface area contributed by atoms with E-state index < -0.39 is 10.0 Å². The molecule has 0 radical (unpaired) electrons. The first-order valence-corrected chi connectivity index (χ1v) is 9.33. The fraction of sp³-hybridized carbons (Fsp3) is 0.267. The first-order chi connectivity index (χ1) is 11.3. The van der Waals surface area contributed by atoms with Crippen LogP contribution in [0, 0.1) is 18.4 Å². The molecule has 1 aromatic carbocycles. The van der Waals surface area contributed by atoms with E-state index >= 15 is 0 Å². The van der Waals surface area contributed by atoms with E-state index in [2.05, 4.69) is 10.3 Å². The summed E-state index contributed by atoms with van der Waals surface area (Å²) in [5, 5.41) is 12.0. The van der Waals surface area contributed by atoms with Gasteiger partial charge in [-0.3, -0.25) is 4.79 Å². The molecule has 0 bridgehead atoms. The second-order valence-corrected chi connectivity index (χ2v) is 7.77. The van der Waals surface area contributed by atoms with Crippen molar-refractivity contribution in [3.8, 4) is 16.6 Å². The standard InChI is InChI=1S/C15H16N4O3S2/c1-4-19(9-16)24(21,22)13-7-5-12(6-8-13)14-10(2)17-15(23-14)18-11(3)20/h5-8H,4H2,1-3H3,(H,17,18,20). The molecule has 0 unspecified atom stereocenters. The van der Waals surface area contributed by atoms with Crippen LogP contribution in [0.4, 0.5) is 5.13 Å². The molecular weight excluding hydrogens is 348 g/mol. The summed E-state index contributed by atoms with van der Waals surface area (Å²) in [7, 11) is -3.82. The van der Waals surface area contributed by atoms with Gasteiger partial charge in [0.05, 0.1) is 15.5 Å². The Labute approximate surface area is 144 Å². The topological polar surface area (TPSA) is 103 Å². The number of hydrogen-bond donors (Lipinski definition) is 1. The average Bonchev–Trinajstić information content (AvgIpc) is 2.88. The van der Waals surface area contributed by atoms with Crippen molar-refractivity contribution in [2.24, 2.45) is 0 Å². The van der Waals surface area contributed by atoms with E-state index in [0.29, 0.717) is 5.13 Å². The van der Waals surface area contributed by atoms with Crippen LogP contribution in [-0.2, 0) is 14.8 Å². The van der Waals surface area contributed by atoms with Crippen LogP contribution in [0.2, 0.25) is 0 Å². The van der Waals surface area contributed by atoms with Gasteiger partial charge < -0.3 is 5.32 Å². The molecule has 126 valence electrons. The number of benzene rings is 1. The van der Waals surface area contributed by atoms with Crippen LogP contribution in [-0.4, -0.2) is 30.2 Å². The van der Waals surface area contributed by atoms with Gasteiger partial charge in [-0.2, -0.15) is 5.26 Å². The normalized spacial score (nSPS) is 10.9. The molecule has 2 aromatic rings. The molecule has 0 atom stereocenters. The first kappa shape index (κ1) is 17.9. The maximum atomic E-state index is 12.3. The van der Waals surface area contributed by atoms with Gasteiger partial charge in [0.15, 0.2) is 11.3 Å². The summed E-state index contributed by atoms with van der Waals surface area (Å²) in [6, 6.07) is 6.25. The fourth-order valence-electron chi connectivity index (χ4n) is 2.07. The highest BCUT2D eigenvalue weighted by molar-refractivity contribution is 7.89. The SMILES string of the molecule is CCN(C#N)S(=O)(=O)c1ccc(-c2sc(NC(C)=O)nc2C)cc1. The fourth-order valence-corrected chi connectivity index (χ4v) is 4.27. The van der Waals surface area contributed by atoms with Crippen molar-refractivity contribution in [1.82, 2.24) is 9.29 Å². The number of carbonyl (C=O) groups excluding carboxylic acids is 1. The maximum Gasteiger partial charge on any atom is 0.272 e. The van der Waals surface area contributed by atoms with Crippen molar-refractivity contribution in [1.29, 1.82) is 5.26 Å². The molecule has 0 fully saturated rings. The van der Waals surface area contributed by atoms with Crippen molar-refractivity contribution in [2.45, 2.75) is 25.7 Å². The molecule has 7 nitrogen and oxygen atoms in total. The van der Waals surface area contributed by atoms with Gasteiger partial charge in [-0.25, -0.2) is 17.7 Å². The number of aromatic nitrogens is 1. The first-order valence-electron chi connectivity index (χ1n) is 7.07. The van der Waals surface area contributed by atoms with Crippen molar-refractivity contribution in [3.05, 3.63) is 30.0 Å². The molecule has 1 aromatic heterocycles. The third kappa shape index (κ3) is 3.55. The van der Waals surface area contributed by atoms with Crippen LogP contribution in [0.1, 0.15) is 19.5 Å². The summed E-state index contributed by atoms with van der Waals surface area (Å²) in [6.45, 7) is 4.90. The summed E-state index contributed by atoms with van der Waals surface area (Å²) in [4.78, 5) is 16.3. The molecule has 0 aliphatic heterocycles. The number of sulfonamides is 1. The lowest BCUT2D eigenvalue weighted by Crippen LogP contribution is -2.25. The molecule has 0 saturated heterocycles. The van der Waals surface area contributed by atoms with Crippen molar-refractivity contribution in [2.75, 3.05) is 11.9 Å². The Morgan fingerprint density at radius 3 is 2.50 bits per heavy atom. The van der Waals surface area contributed by atoms with E-state index in [-0.39, 0.29) is 17.3 Å². The molecule has 1 heterocycles. The van der Waals surface area contributed by atoms with Gasteiger partial charge in [-0.15, -0.1) is 0 Å². The Morgan fingerprint density at radius 1 is 1.38 bits per heavy atom. The predicted molar refractivity (Wildman–Crippen MR) is 91.8 cm³/mol. The molecule has 24 heavy (non-hydrogen) atoms. The van der Waals surface area contributed by atoms with Crippen molar-refractivity contribution < 1.29 is 13.2 Å². The average molecular weight is 364 g/mol. The number of thiazole rings is 1. The quantitative estimate of drug-likeness (QED) is 0.649. The van der Waals surface area contributed by atoms with Gasteiger partial charge in [0, 0.05) is 13.5 Å². The second-order valence-electron chi connectivity index (χ2n) is 4.91. The molecule has 1 amide bonds. The number of carbonyl (C=O) groups is 1. The number of anilines is 1. The minimum absolute atomic E-state index is 0.0545. The third-order valence-electron chi connectivity index (χ3n) is 3.18. The Balaban J connectivity index is 2.35. The largest absolute Gasteiger partial charge is 0.302 e. The number of amides is 1. The highest BCUT2D eigenvalue weighted by Gasteiger charge is 2.22. The van der Waals surface area contributed by atoms with Gasteiger partial charge in [-0.1, -0.05) is 23.5 Å². The number of aryl methyl sites for hydroxylation is 1. The lowest BCUT2D eigenvalue weighted by molar-refractivity contribution is -0.114. The van der Waals surface area contributed by atoms with E-state index in [1.807, 2.05) is 6.92 Å². The van der Waals surface area contributed by atoms with Crippen molar-refractivity contribution in [3.63, 3.8) is 0 Å². The summed E-state index contributed by atoms with van der Waals surface area (Å²) in [5.74, 6) is -0.201. The minimum Gasteiger partial charge on any atom is -0.302 e.